The van der Waals surface area contributed by atoms with E-state index in [2.05, 4.69) is 9.71 Å². The fourth-order valence-electron chi connectivity index (χ4n) is 1.75. The molecule has 0 saturated heterocycles. The predicted octanol–water partition coefficient (Wildman–Crippen LogP) is 2.25. The Morgan fingerprint density at radius 3 is 2.75 bits per heavy atom. The summed E-state index contributed by atoms with van der Waals surface area (Å²) in [6.45, 7) is 4.30. The van der Waals surface area contributed by atoms with Crippen molar-refractivity contribution in [1.82, 2.24) is 9.55 Å². The number of nitrogens with two attached hydrogens (primary N) is 1. The number of hydrogen-bond acceptors (Lipinski definition) is 4. The molecule has 6 nitrogen and oxygen atoms in total. The summed E-state index contributed by atoms with van der Waals surface area (Å²) in [5, 5.41) is 0.227. The van der Waals surface area contributed by atoms with Crippen LogP contribution in [0.4, 0.5) is 11.4 Å². The largest absolute Gasteiger partial charge is 0.399 e. The van der Waals surface area contributed by atoms with Gasteiger partial charge in [0.1, 0.15) is 5.82 Å². The van der Waals surface area contributed by atoms with Gasteiger partial charge >= 0.3 is 0 Å². The van der Waals surface area contributed by atoms with Crippen LogP contribution in [0.5, 0.6) is 0 Å². The number of nitrogen functional groups attached to an aromatic ring is 1. The fourth-order valence-corrected chi connectivity index (χ4v) is 3.05. The second-order valence-corrected chi connectivity index (χ2v) is 6.29. The Hall–Kier alpha value is -1.73. The lowest BCUT2D eigenvalue weighted by molar-refractivity contribution is 0.598. The van der Waals surface area contributed by atoms with E-state index in [4.69, 9.17) is 17.3 Å². The molecule has 0 unspecified atom stereocenters. The van der Waals surface area contributed by atoms with E-state index in [1.165, 1.54) is 18.3 Å². The van der Waals surface area contributed by atoms with Crippen LogP contribution >= 0.6 is 11.6 Å². The monoisotopic (exact) mass is 314 g/mol. The summed E-state index contributed by atoms with van der Waals surface area (Å²) in [4.78, 5) is 4.04. The standard InChI is InChI=1S/C12H15ClN4O2S/c1-3-17-7-12(15-8(17)2)20(18,19)16-11-6-9(14)4-5-10(11)13/h4-7,16H,3,14H2,1-2H3. The van der Waals surface area contributed by atoms with Gasteiger partial charge in [-0.15, -0.1) is 0 Å². The molecule has 0 fully saturated rings. The predicted molar refractivity (Wildman–Crippen MR) is 79.3 cm³/mol. The Morgan fingerprint density at radius 2 is 2.15 bits per heavy atom. The van der Waals surface area contributed by atoms with Crippen LogP contribution in [0.1, 0.15) is 12.7 Å². The first kappa shape index (κ1) is 14.7. The van der Waals surface area contributed by atoms with Crippen LogP contribution in [0.3, 0.4) is 0 Å². The maximum atomic E-state index is 12.3. The quantitative estimate of drug-likeness (QED) is 0.847. The number of rotatable bonds is 4. The number of imidazole rings is 1. The van der Waals surface area contributed by atoms with Crippen molar-refractivity contribution in [1.29, 1.82) is 0 Å². The highest BCUT2D eigenvalue weighted by atomic mass is 35.5. The molecule has 1 aromatic carbocycles. The third-order valence-electron chi connectivity index (χ3n) is 2.80. The number of halogens is 1. The fraction of sp³-hybridized carbons (Fsp3) is 0.250. The first-order valence-corrected chi connectivity index (χ1v) is 7.81. The average Bonchev–Trinajstić information content (AvgIpc) is 2.76. The molecule has 0 saturated carbocycles. The van der Waals surface area contributed by atoms with Crippen LogP contribution in [0.2, 0.25) is 5.02 Å². The van der Waals surface area contributed by atoms with Gasteiger partial charge in [0.25, 0.3) is 10.0 Å². The summed E-state index contributed by atoms with van der Waals surface area (Å²) < 4.78 is 28.7. The number of nitrogens with zero attached hydrogens (tertiary/aromatic N) is 2. The van der Waals surface area contributed by atoms with Crippen molar-refractivity contribution in [3.05, 3.63) is 35.2 Å². The molecule has 0 aliphatic heterocycles. The summed E-state index contributed by atoms with van der Waals surface area (Å²) in [6, 6.07) is 4.59. The number of hydrogen-bond donors (Lipinski definition) is 2. The molecule has 0 bridgehead atoms. The number of sulfonamides is 1. The van der Waals surface area contributed by atoms with Crippen molar-refractivity contribution in [2.45, 2.75) is 25.4 Å². The normalized spacial score (nSPS) is 11.6. The zero-order chi connectivity index (χ0) is 14.9. The second-order valence-electron chi connectivity index (χ2n) is 4.26. The molecule has 0 amide bonds. The molecule has 20 heavy (non-hydrogen) atoms. The van der Waals surface area contributed by atoms with Gasteiger partial charge in [-0.3, -0.25) is 4.72 Å². The smallest absolute Gasteiger partial charge is 0.281 e. The molecule has 8 heteroatoms. The molecule has 0 radical (unpaired) electrons. The van der Waals surface area contributed by atoms with Crippen LogP contribution in [-0.4, -0.2) is 18.0 Å². The third-order valence-corrected chi connectivity index (χ3v) is 4.37. The van der Waals surface area contributed by atoms with Crippen molar-refractivity contribution < 1.29 is 8.42 Å². The summed E-state index contributed by atoms with van der Waals surface area (Å²) in [7, 11) is -3.79. The van der Waals surface area contributed by atoms with E-state index in [1.807, 2.05) is 6.92 Å². The molecule has 1 heterocycles. The number of anilines is 2. The van der Waals surface area contributed by atoms with E-state index >= 15 is 0 Å². The van der Waals surface area contributed by atoms with Gasteiger partial charge in [-0.2, -0.15) is 8.42 Å². The van der Waals surface area contributed by atoms with Crippen molar-refractivity contribution in [2.75, 3.05) is 10.5 Å². The van der Waals surface area contributed by atoms with E-state index in [-0.39, 0.29) is 15.7 Å². The van der Waals surface area contributed by atoms with Gasteiger partial charge < -0.3 is 10.3 Å². The Morgan fingerprint density at radius 1 is 1.45 bits per heavy atom. The Bertz CT molecular complexity index is 740. The lowest BCUT2D eigenvalue weighted by Gasteiger charge is -2.08. The van der Waals surface area contributed by atoms with Crippen LogP contribution < -0.4 is 10.5 Å². The molecule has 0 spiro atoms. The minimum Gasteiger partial charge on any atom is -0.399 e. The molecule has 0 aliphatic carbocycles. The van der Waals surface area contributed by atoms with Crippen molar-refractivity contribution in [3.63, 3.8) is 0 Å². The van der Waals surface area contributed by atoms with Gasteiger partial charge in [0, 0.05) is 18.4 Å². The number of aryl methyl sites for hydroxylation is 2. The number of benzene rings is 1. The van der Waals surface area contributed by atoms with Crippen LogP contribution in [0.15, 0.2) is 29.4 Å². The van der Waals surface area contributed by atoms with Crippen molar-refractivity contribution >= 4 is 33.0 Å². The summed E-state index contributed by atoms with van der Waals surface area (Å²) in [5.41, 5.74) is 6.27. The lowest BCUT2D eigenvalue weighted by Crippen LogP contribution is -2.14. The van der Waals surface area contributed by atoms with Gasteiger partial charge in [-0.25, -0.2) is 4.98 Å². The van der Waals surface area contributed by atoms with Crippen LogP contribution in [-0.2, 0) is 16.6 Å². The molecule has 1 aromatic heterocycles. The minimum atomic E-state index is -3.79. The van der Waals surface area contributed by atoms with Gasteiger partial charge in [0.05, 0.1) is 10.7 Å². The zero-order valence-electron chi connectivity index (χ0n) is 11.1. The Kier molecular flexibility index (Phi) is 3.92. The maximum Gasteiger partial charge on any atom is 0.281 e. The van der Waals surface area contributed by atoms with Crippen LogP contribution in [0.25, 0.3) is 0 Å². The Labute approximate surface area is 122 Å². The van der Waals surface area contributed by atoms with Gasteiger partial charge in [-0.05, 0) is 32.0 Å². The van der Waals surface area contributed by atoms with Crippen molar-refractivity contribution in [2.24, 2.45) is 0 Å². The zero-order valence-corrected chi connectivity index (χ0v) is 12.7. The highest BCUT2D eigenvalue weighted by molar-refractivity contribution is 7.92. The maximum absolute atomic E-state index is 12.3. The van der Waals surface area contributed by atoms with Crippen LogP contribution in [0, 0.1) is 6.92 Å². The highest BCUT2D eigenvalue weighted by Crippen LogP contribution is 2.26. The molecular formula is C12H15ClN4O2S. The molecule has 2 aromatic rings. The third kappa shape index (κ3) is 2.88. The van der Waals surface area contributed by atoms with Gasteiger partial charge in [-0.1, -0.05) is 11.6 Å². The topological polar surface area (TPSA) is 90.0 Å². The first-order valence-electron chi connectivity index (χ1n) is 5.95. The first-order chi connectivity index (χ1) is 9.33. The summed E-state index contributed by atoms with van der Waals surface area (Å²) >= 11 is 5.95. The molecular weight excluding hydrogens is 300 g/mol. The van der Waals surface area contributed by atoms with Gasteiger partial charge in [0.2, 0.25) is 0 Å². The van der Waals surface area contributed by atoms with E-state index in [0.717, 1.165) is 0 Å². The second kappa shape index (κ2) is 5.34. The van der Waals surface area contributed by atoms with E-state index < -0.39 is 10.0 Å². The minimum absolute atomic E-state index is 0.0460. The van der Waals surface area contributed by atoms with E-state index in [0.29, 0.717) is 18.1 Å². The average molecular weight is 315 g/mol. The highest BCUT2D eigenvalue weighted by Gasteiger charge is 2.20. The summed E-state index contributed by atoms with van der Waals surface area (Å²) in [6.07, 6.45) is 1.48. The number of aromatic nitrogens is 2. The van der Waals surface area contributed by atoms with Gasteiger partial charge in [0.15, 0.2) is 5.03 Å². The molecule has 3 N–H and O–H groups in total. The molecule has 2 rings (SSSR count). The lowest BCUT2D eigenvalue weighted by atomic mass is 10.3. The van der Waals surface area contributed by atoms with E-state index in [9.17, 15) is 8.42 Å². The van der Waals surface area contributed by atoms with Crippen molar-refractivity contribution in [3.8, 4) is 0 Å². The molecule has 0 atom stereocenters. The molecule has 108 valence electrons. The number of nitrogens with one attached hydrogen (secondary N) is 1. The SMILES string of the molecule is CCn1cc(S(=O)(=O)Nc2cc(N)ccc2Cl)nc1C. The Balaban J connectivity index is 2.37. The summed E-state index contributed by atoms with van der Waals surface area (Å²) in [5.74, 6) is 0.631. The molecule has 0 aliphatic rings. The van der Waals surface area contributed by atoms with E-state index in [1.54, 1.807) is 17.6 Å².